The number of hydrogen-bond donors (Lipinski definition) is 3. The molecule has 1 aromatic heterocycles. The number of aliphatic hydroxyl groups is 1. The van der Waals surface area contributed by atoms with E-state index in [9.17, 15) is 59.4 Å². The Balaban J connectivity index is 2.20. The smallest absolute Gasteiger partial charge is 0.408 e. The van der Waals surface area contributed by atoms with Crippen molar-refractivity contribution in [3.05, 3.63) is 75.0 Å². The Morgan fingerprint density at radius 1 is 0.794 bits per heavy atom. The van der Waals surface area contributed by atoms with Gasteiger partial charge in [-0.3, -0.25) is 19.8 Å². The van der Waals surface area contributed by atoms with E-state index in [1.807, 2.05) is 27.9 Å². The second kappa shape index (κ2) is 22.1. The second-order valence-corrected chi connectivity index (χ2v) is 20.7. The number of ketones is 1. The molecule has 2 aromatic carbocycles. The number of aliphatic hydroxyl groups excluding tert-OH is 1. The molecule has 0 radical (unpaired) electrons. The highest BCUT2D eigenvalue weighted by molar-refractivity contribution is 14.1. The van der Waals surface area contributed by atoms with Gasteiger partial charge in [0.2, 0.25) is 5.91 Å². The van der Waals surface area contributed by atoms with Crippen LogP contribution in [0, 0.1) is 37.9 Å². The number of nitrogens with one attached hydrogen (secondary N) is 2. The zero-order valence-corrected chi connectivity index (χ0v) is 41.1. The summed E-state index contributed by atoms with van der Waals surface area (Å²) < 4.78 is 157. The summed E-state index contributed by atoms with van der Waals surface area (Å²) in [4.78, 5) is 54.2. The number of hydrazine groups is 1. The predicted molar refractivity (Wildman–Crippen MR) is 236 cm³/mol. The number of carbonyl (C=O) groups is 4. The summed E-state index contributed by atoms with van der Waals surface area (Å²) in [5, 5.41) is 18.2. The summed E-state index contributed by atoms with van der Waals surface area (Å²) in [5.41, 5.74) is -7.30. The molecule has 1 heterocycles. The molecule has 0 unspecified atom stereocenters. The van der Waals surface area contributed by atoms with Gasteiger partial charge in [0.1, 0.15) is 28.9 Å². The largest absolute Gasteiger partial charge is 0.460 e. The van der Waals surface area contributed by atoms with Crippen molar-refractivity contribution >= 4 is 46.3 Å². The van der Waals surface area contributed by atoms with Gasteiger partial charge in [-0.15, -0.1) is 0 Å². The highest BCUT2D eigenvalue weighted by atomic mass is 127. The Labute approximate surface area is 401 Å². The molecule has 0 saturated carbocycles. The molecule has 2 amide bonds. The van der Waals surface area contributed by atoms with Crippen molar-refractivity contribution in [2.24, 2.45) is 22.7 Å². The lowest BCUT2D eigenvalue weighted by atomic mass is 9.75. The average Bonchev–Trinajstić information content (AvgIpc) is 3.66. The van der Waals surface area contributed by atoms with E-state index in [-0.39, 0.29) is 22.4 Å². The van der Waals surface area contributed by atoms with Crippen LogP contribution in [0.2, 0.25) is 0 Å². The number of ether oxygens (including phenoxy) is 2. The number of amides is 2. The van der Waals surface area contributed by atoms with Crippen LogP contribution in [0.4, 0.5) is 48.7 Å². The number of hydrogen-bond acceptors (Lipinski definition) is 9. The normalized spacial score (nSPS) is 14.9. The SMILES string of the molecule is CC(C)(C)OC(=O)C[C@H](C(=O)NN(Cc1c(F)cc(-c2ccn(C(F)F)n2)cc1F)C[C@H](O)[C@@H](CC(=O)[C@@H](NC(=O)OC(C)(C)C)C(C)(C)C(F)(F)F)Cc1ccc(I)cc1)C(C)(C)C(F)(F)F. The van der Waals surface area contributed by atoms with Crippen LogP contribution in [0.25, 0.3) is 11.3 Å². The molecule has 4 atom stereocenters. The molecular formula is C45H56F10IN5O7. The number of esters is 1. The van der Waals surface area contributed by atoms with E-state index in [0.29, 0.717) is 50.4 Å². The molecule has 0 aliphatic heterocycles. The second-order valence-electron chi connectivity index (χ2n) is 19.4. The maximum Gasteiger partial charge on any atom is 0.408 e. The number of rotatable bonds is 19. The lowest BCUT2D eigenvalue weighted by Gasteiger charge is -2.38. The number of benzene rings is 2. The van der Waals surface area contributed by atoms with E-state index in [4.69, 9.17) is 9.47 Å². The Bertz CT molecular complexity index is 2210. The van der Waals surface area contributed by atoms with Crippen LogP contribution in [0.5, 0.6) is 0 Å². The van der Waals surface area contributed by atoms with Gasteiger partial charge in [-0.1, -0.05) is 26.0 Å². The van der Waals surface area contributed by atoms with E-state index < -0.39 is 132 Å². The summed E-state index contributed by atoms with van der Waals surface area (Å²) in [6, 6.07) is 6.51. The van der Waals surface area contributed by atoms with Gasteiger partial charge in [-0.25, -0.2) is 23.3 Å². The highest BCUT2D eigenvalue weighted by Crippen LogP contribution is 2.46. The van der Waals surface area contributed by atoms with Crippen molar-refractivity contribution in [2.75, 3.05) is 6.54 Å². The lowest BCUT2D eigenvalue weighted by molar-refractivity contribution is -0.231. The molecule has 12 nitrogen and oxygen atoms in total. The number of carbonyl (C=O) groups excluding carboxylic acids is 4. The number of alkyl carbamates (subject to hydrolysis) is 1. The molecule has 0 bridgehead atoms. The minimum atomic E-state index is -5.15. The van der Waals surface area contributed by atoms with Gasteiger partial charge in [-0.05, 0) is 126 Å². The molecule has 0 aliphatic carbocycles. The molecule has 68 heavy (non-hydrogen) atoms. The molecule has 0 fully saturated rings. The first-order valence-corrected chi connectivity index (χ1v) is 22.1. The Morgan fingerprint density at radius 2 is 1.32 bits per heavy atom. The maximum absolute atomic E-state index is 16.0. The van der Waals surface area contributed by atoms with Crippen LogP contribution in [-0.4, -0.2) is 85.9 Å². The van der Waals surface area contributed by atoms with Crippen molar-refractivity contribution in [1.29, 1.82) is 0 Å². The topological polar surface area (TPSA) is 152 Å². The van der Waals surface area contributed by atoms with Crippen LogP contribution in [0.3, 0.4) is 0 Å². The molecule has 3 rings (SSSR count). The van der Waals surface area contributed by atoms with E-state index in [1.165, 1.54) is 41.5 Å². The van der Waals surface area contributed by atoms with Crippen molar-refractivity contribution < 1.29 is 77.7 Å². The monoisotopic (exact) mass is 1100 g/mol. The third kappa shape index (κ3) is 16.0. The fourth-order valence-electron chi connectivity index (χ4n) is 6.77. The van der Waals surface area contributed by atoms with Crippen molar-refractivity contribution in [1.82, 2.24) is 25.5 Å². The first-order chi connectivity index (χ1) is 30.8. The van der Waals surface area contributed by atoms with Gasteiger partial charge in [0.25, 0.3) is 0 Å². The summed E-state index contributed by atoms with van der Waals surface area (Å²) in [5.74, 6) is -10.5. The lowest BCUT2D eigenvalue weighted by Crippen LogP contribution is -2.57. The number of Topliss-reactive ketones (excluding diaryl/α,β-unsaturated/α-hetero) is 1. The Morgan fingerprint density at radius 3 is 1.79 bits per heavy atom. The average molecular weight is 1100 g/mol. The first kappa shape index (κ1) is 57.8. The molecule has 3 N–H and O–H groups in total. The third-order valence-corrected chi connectivity index (χ3v) is 11.6. The van der Waals surface area contributed by atoms with Crippen LogP contribution in [-0.2, 0) is 36.8 Å². The fraction of sp³-hybridized carbons (Fsp3) is 0.578. The van der Waals surface area contributed by atoms with Gasteiger partial charge in [-0.2, -0.15) is 40.2 Å². The standard InChI is InChI=1S/C45H56F10IN5O7/c1-40(2,3)67-35(64)21-29(42(7,8)44(50,51)52)37(65)59-60(22-28-30(46)18-25(19-31(28)47)32-15-16-61(58-32)38(48)49)23-34(63)26(17-24-11-13-27(56)14-12-24)20-33(62)36(43(9,10)45(53,54)55)57-39(66)68-41(4,5)6/h11-16,18-19,26,29,34,36,38,63H,17,20-23H2,1-10H3,(H,57,66)(H,59,65)/t26-,29-,34+,36-/m1/s1. The third-order valence-electron chi connectivity index (χ3n) is 10.8. The van der Waals surface area contributed by atoms with Crippen LogP contribution >= 0.6 is 22.6 Å². The van der Waals surface area contributed by atoms with Crippen LogP contribution in [0.15, 0.2) is 48.7 Å². The number of nitrogens with zero attached hydrogens (tertiary/aromatic N) is 3. The van der Waals surface area contributed by atoms with E-state index >= 15 is 8.78 Å². The van der Waals surface area contributed by atoms with E-state index in [2.05, 4.69) is 10.5 Å². The van der Waals surface area contributed by atoms with Gasteiger partial charge < -0.3 is 19.9 Å². The van der Waals surface area contributed by atoms with Gasteiger partial charge in [0.15, 0.2) is 5.78 Å². The van der Waals surface area contributed by atoms with Crippen LogP contribution in [0.1, 0.15) is 99.8 Å². The molecule has 380 valence electrons. The Hall–Kier alpha value is -4.52. The minimum absolute atomic E-state index is 0.213. The highest BCUT2D eigenvalue weighted by Gasteiger charge is 2.57. The fourth-order valence-corrected chi connectivity index (χ4v) is 7.13. The molecule has 0 spiro atoms. The summed E-state index contributed by atoms with van der Waals surface area (Å²) in [6.45, 7) is 5.95. The quantitative estimate of drug-likeness (QED) is 0.0461. The minimum Gasteiger partial charge on any atom is -0.460 e. The summed E-state index contributed by atoms with van der Waals surface area (Å²) in [7, 11) is 0. The first-order valence-electron chi connectivity index (χ1n) is 21.0. The van der Waals surface area contributed by atoms with Crippen molar-refractivity contribution in [3.8, 4) is 11.3 Å². The summed E-state index contributed by atoms with van der Waals surface area (Å²) >= 11 is 1.98. The van der Waals surface area contributed by atoms with Gasteiger partial charge in [0, 0.05) is 40.4 Å². The predicted octanol–water partition coefficient (Wildman–Crippen LogP) is 10.3. The Kier molecular flexibility index (Phi) is 18.7. The van der Waals surface area contributed by atoms with Gasteiger partial charge >= 0.3 is 31.0 Å². The maximum atomic E-state index is 16.0. The molecule has 0 saturated heterocycles. The van der Waals surface area contributed by atoms with Crippen molar-refractivity contribution in [2.45, 2.75) is 137 Å². The molecular weight excluding hydrogens is 1040 g/mol. The van der Waals surface area contributed by atoms with Gasteiger partial charge in [0.05, 0.1) is 35.0 Å². The van der Waals surface area contributed by atoms with Crippen molar-refractivity contribution in [3.63, 3.8) is 0 Å². The molecule has 3 aromatic rings. The van der Waals surface area contributed by atoms with E-state index in [0.717, 1.165) is 15.8 Å². The summed E-state index contributed by atoms with van der Waals surface area (Å²) in [6.07, 6.45) is -15.2. The number of alkyl halides is 8. The number of aromatic nitrogens is 2. The zero-order valence-electron chi connectivity index (χ0n) is 38.9. The number of halogens is 11. The molecule has 23 heteroatoms. The zero-order chi connectivity index (χ0) is 52.1. The molecule has 0 aliphatic rings. The van der Waals surface area contributed by atoms with Crippen LogP contribution < -0.4 is 10.7 Å². The van der Waals surface area contributed by atoms with E-state index in [1.54, 1.807) is 24.3 Å².